The van der Waals surface area contributed by atoms with Crippen molar-refractivity contribution >= 4 is 52.1 Å². The first kappa shape index (κ1) is 13.7. The molecule has 3 amide bonds. The zero-order valence-electron chi connectivity index (χ0n) is 11.3. The molecule has 0 N–H and O–H groups in total. The molecule has 3 aliphatic rings. The van der Waals surface area contributed by atoms with E-state index >= 15 is 0 Å². The molecule has 2 saturated heterocycles. The fourth-order valence-corrected chi connectivity index (χ4v) is 3.94. The standard InChI is InChI=1S/C15H10N2O3S2/c18-12-9-7-10(9)13(19)16(12)17-14(20)11(22-15(17)21)6-8-4-2-1-3-5-8/h1-6,9-10H,7H2/b11-6-/t9-,10+. The first-order valence-electron chi connectivity index (χ1n) is 6.78. The van der Waals surface area contributed by atoms with Gasteiger partial charge in [0, 0.05) is 0 Å². The van der Waals surface area contributed by atoms with Crippen molar-refractivity contribution in [2.24, 2.45) is 11.8 Å². The summed E-state index contributed by atoms with van der Waals surface area (Å²) >= 11 is 6.29. The van der Waals surface area contributed by atoms with Crippen LogP contribution in [0.3, 0.4) is 0 Å². The minimum atomic E-state index is -0.415. The van der Waals surface area contributed by atoms with E-state index in [4.69, 9.17) is 12.2 Å². The van der Waals surface area contributed by atoms with Crippen molar-refractivity contribution in [3.05, 3.63) is 40.8 Å². The molecule has 0 radical (unpaired) electrons. The molecular weight excluding hydrogens is 320 g/mol. The van der Waals surface area contributed by atoms with Crippen LogP contribution in [0, 0.1) is 11.8 Å². The summed E-state index contributed by atoms with van der Waals surface area (Å²) in [4.78, 5) is 37.2. The number of benzene rings is 1. The van der Waals surface area contributed by atoms with E-state index in [1.54, 1.807) is 6.08 Å². The van der Waals surface area contributed by atoms with Crippen LogP contribution in [0.5, 0.6) is 0 Å². The highest BCUT2D eigenvalue weighted by atomic mass is 32.2. The van der Waals surface area contributed by atoms with Gasteiger partial charge in [0.1, 0.15) is 0 Å². The molecule has 0 spiro atoms. The van der Waals surface area contributed by atoms with Crippen LogP contribution in [0.4, 0.5) is 0 Å². The molecule has 0 aromatic heterocycles. The normalized spacial score (nSPS) is 28.8. The van der Waals surface area contributed by atoms with Crippen molar-refractivity contribution in [2.45, 2.75) is 6.42 Å². The van der Waals surface area contributed by atoms with Crippen LogP contribution in [0.2, 0.25) is 0 Å². The molecule has 2 atom stereocenters. The molecule has 7 heteroatoms. The van der Waals surface area contributed by atoms with Gasteiger partial charge in [-0.3, -0.25) is 14.4 Å². The lowest BCUT2D eigenvalue weighted by Crippen LogP contribution is -2.50. The zero-order valence-corrected chi connectivity index (χ0v) is 12.9. The smallest absolute Gasteiger partial charge is 0.272 e. The Morgan fingerprint density at radius 2 is 1.68 bits per heavy atom. The third-order valence-corrected chi connectivity index (χ3v) is 5.20. The fraction of sp³-hybridized carbons (Fsp3) is 0.200. The van der Waals surface area contributed by atoms with Crippen molar-refractivity contribution in [2.75, 3.05) is 0 Å². The highest BCUT2D eigenvalue weighted by molar-refractivity contribution is 8.26. The summed E-state index contributed by atoms with van der Waals surface area (Å²) in [5.41, 5.74) is 0.866. The van der Waals surface area contributed by atoms with Gasteiger partial charge in [-0.1, -0.05) is 42.1 Å². The number of hydrogen-bond donors (Lipinski definition) is 0. The average molecular weight is 330 g/mol. The fourth-order valence-electron chi connectivity index (χ4n) is 2.69. The molecule has 4 rings (SSSR count). The van der Waals surface area contributed by atoms with E-state index in [1.165, 1.54) is 0 Å². The Morgan fingerprint density at radius 3 is 2.32 bits per heavy atom. The first-order chi connectivity index (χ1) is 10.6. The summed E-state index contributed by atoms with van der Waals surface area (Å²) in [6.45, 7) is 0. The predicted octanol–water partition coefficient (Wildman–Crippen LogP) is 1.81. The van der Waals surface area contributed by atoms with E-state index in [1.807, 2.05) is 30.3 Å². The largest absolute Gasteiger partial charge is 0.285 e. The number of piperidine rings is 1. The lowest BCUT2D eigenvalue weighted by atomic mass is 10.2. The van der Waals surface area contributed by atoms with E-state index < -0.39 is 5.91 Å². The Bertz CT molecular complexity index is 739. The quantitative estimate of drug-likeness (QED) is 0.470. The van der Waals surface area contributed by atoms with Gasteiger partial charge in [-0.15, -0.1) is 0 Å². The third-order valence-electron chi connectivity index (χ3n) is 3.91. The van der Waals surface area contributed by atoms with Gasteiger partial charge in [0.15, 0.2) is 4.32 Å². The van der Waals surface area contributed by atoms with Gasteiger partial charge in [-0.05, 0) is 30.3 Å². The zero-order chi connectivity index (χ0) is 15.4. The molecule has 1 aliphatic carbocycles. The Labute approximate surface area is 135 Å². The van der Waals surface area contributed by atoms with E-state index in [0.717, 1.165) is 27.3 Å². The summed E-state index contributed by atoms with van der Waals surface area (Å²) < 4.78 is 0.218. The van der Waals surface area contributed by atoms with Crippen molar-refractivity contribution in [3.63, 3.8) is 0 Å². The number of thioether (sulfide) groups is 1. The van der Waals surface area contributed by atoms with E-state index in [9.17, 15) is 14.4 Å². The molecular formula is C15H10N2O3S2. The number of rotatable bonds is 2. The van der Waals surface area contributed by atoms with Crippen molar-refractivity contribution in [3.8, 4) is 0 Å². The van der Waals surface area contributed by atoms with Gasteiger partial charge in [-0.2, -0.15) is 10.0 Å². The van der Waals surface area contributed by atoms with Gasteiger partial charge in [0.2, 0.25) is 0 Å². The number of nitrogens with zero attached hydrogens (tertiary/aromatic N) is 2. The van der Waals surface area contributed by atoms with Crippen LogP contribution in [-0.2, 0) is 14.4 Å². The van der Waals surface area contributed by atoms with Crippen LogP contribution in [0.15, 0.2) is 35.2 Å². The number of fused-ring (bicyclic) bond motifs is 1. The number of amides is 3. The molecule has 1 aromatic carbocycles. The van der Waals surface area contributed by atoms with Gasteiger partial charge < -0.3 is 0 Å². The van der Waals surface area contributed by atoms with E-state index in [2.05, 4.69) is 0 Å². The molecule has 3 fully saturated rings. The maximum absolute atomic E-state index is 12.5. The first-order valence-corrected chi connectivity index (χ1v) is 8.01. The second kappa shape index (κ2) is 4.76. The Kier molecular flexibility index (Phi) is 2.95. The minimum Gasteiger partial charge on any atom is -0.272 e. The second-order valence-electron chi connectivity index (χ2n) is 5.34. The summed E-state index contributed by atoms with van der Waals surface area (Å²) in [5.74, 6) is -1.55. The van der Waals surface area contributed by atoms with Crippen molar-refractivity contribution < 1.29 is 14.4 Å². The monoisotopic (exact) mass is 330 g/mol. The molecule has 2 aliphatic heterocycles. The maximum atomic E-state index is 12.5. The second-order valence-corrected chi connectivity index (χ2v) is 7.02. The van der Waals surface area contributed by atoms with Crippen LogP contribution in [0.25, 0.3) is 6.08 Å². The molecule has 110 valence electrons. The van der Waals surface area contributed by atoms with Crippen LogP contribution >= 0.6 is 24.0 Å². The van der Waals surface area contributed by atoms with Gasteiger partial charge in [0.25, 0.3) is 17.7 Å². The maximum Gasteiger partial charge on any atom is 0.285 e. The molecule has 0 bridgehead atoms. The summed E-state index contributed by atoms with van der Waals surface area (Å²) in [5, 5.41) is 1.98. The lowest BCUT2D eigenvalue weighted by molar-refractivity contribution is -0.160. The van der Waals surface area contributed by atoms with Crippen LogP contribution in [-0.4, -0.2) is 32.1 Å². The highest BCUT2D eigenvalue weighted by Gasteiger charge is 2.62. The number of hydrogen-bond acceptors (Lipinski definition) is 5. The SMILES string of the molecule is O=C1/C(=C/c2ccccc2)SC(=S)N1N1C(=O)[C@H]2C[C@H]2C1=O. The number of carbonyl (C=O) groups excluding carboxylic acids is 3. The predicted molar refractivity (Wildman–Crippen MR) is 84.9 cm³/mol. The Morgan fingerprint density at radius 1 is 1.05 bits per heavy atom. The van der Waals surface area contributed by atoms with Crippen molar-refractivity contribution in [1.29, 1.82) is 0 Å². The minimum absolute atomic E-state index is 0.218. The number of carbonyl (C=O) groups is 3. The average Bonchev–Trinajstić information content (AvgIpc) is 3.21. The number of hydrazine groups is 1. The Hall–Kier alpha value is -1.99. The molecule has 1 aromatic rings. The lowest BCUT2D eigenvalue weighted by Gasteiger charge is -2.25. The molecule has 2 heterocycles. The summed E-state index contributed by atoms with van der Waals surface area (Å²) in [6, 6.07) is 9.36. The van der Waals surface area contributed by atoms with Crippen LogP contribution < -0.4 is 0 Å². The number of imide groups is 1. The molecule has 22 heavy (non-hydrogen) atoms. The van der Waals surface area contributed by atoms with E-state index in [0.29, 0.717) is 11.3 Å². The Balaban J connectivity index is 1.65. The van der Waals surface area contributed by atoms with E-state index in [-0.39, 0.29) is 28.0 Å². The van der Waals surface area contributed by atoms with Gasteiger partial charge in [0.05, 0.1) is 16.7 Å². The molecule has 5 nitrogen and oxygen atoms in total. The van der Waals surface area contributed by atoms with Crippen LogP contribution in [0.1, 0.15) is 12.0 Å². The molecule has 0 unspecified atom stereocenters. The summed E-state index contributed by atoms with van der Waals surface area (Å²) in [7, 11) is 0. The number of thiocarbonyl (C=S) groups is 1. The van der Waals surface area contributed by atoms with Gasteiger partial charge >= 0.3 is 0 Å². The molecule has 1 saturated carbocycles. The summed E-state index contributed by atoms with van der Waals surface area (Å²) in [6.07, 6.45) is 2.31. The van der Waals surface area contributed by atoms with Gasteiger partial charge in [-0.25, -0.2) is 0 Å². The topological polar surface area (TPSA) is 57.7 Å². The highest BCUT2D eigenvalue weighted by Crippen LogP contribution is 2.49. The van der Waals surface area contributed by atoms with Crippen molar-refractivity contribution in [1.82, 2.24) is 10.0 Å². The third kappa shape index (κ3) is 1.93.